The van der Waals surface area contributed by atoms with E-state index in [1.165, 1.54) is 11.3 Å². The molecular formula is C15H19N5O2S. The molecule has 23 heavy (non-hydrogen) atoms. The molecule has 0 atom stereocenters. The standard InChI is InChI=1S/C15H19N5O2S/c1-3-14(21)22-10-9-20(4-2)13-7-5-12(6-8-13)17-19-15-18-16-11-23-15/h5-8,11H,3-4,9-10H2,1-2H3/b19-17+. The van der Waals surface area contributed by atoms with Crippen molar-refractivity contribution in [1.29, 1.82) is 0 Å². The van der Waals surface area contributed by atoms with Crippen LogP contribution >= 0.6 is 11.3 Å². The van der Waals surface area contributed by atoms with E-state index in [9.17, 15) is 4.79 Å². The molecule has 0 saturated carbocycles. The van der Waals surface area contributed by atoms with Gasteiger partial charge in [0.15, 0.2) is 0 Å². The summed E-state index contributed by atoms with van der Waals surface area (Å²) in [6, 6.07) is 7.72. The van der Waals surface area contributed by atoms with Crippen molar-refractivity contribution in [3.8, 4) is 0 Å². The summed E-state index contributed by atoms with van der Waals surface area (Å²) >= 11 is 1.33. The van der Waals surface area contributed by atoms with Crippen LogP contribution in [0, 0.1) is 0 Å². The largest absolute Gasteiger partial charge is 0.464 e. The highest BCUT2D eigenvalue weighted by Crippen LogP contribution is 2.22. The normalized spacial score (nSPS) is 10.9. The molecule has 0 unspecified atom stereocenters. The number of aromatic nitrogens is 2. The Balaban J connectivity index is 1.92. The van der Waals surface area contributed by atoms with Gasteiger partial charge < -0.3 is 9.64 Å². The lowest BCUT2D eigenvalue weighted by atomic mass is 10.2. The van der Waals surface area contributed by atoms with Gasteiger partial charge in [-0.1, -0.05) is 18.3 Å². The monoisotopic (exact) mass is 333 g/mol. The number of ether oxygens (including phenoxy) is 1. The summed E-state index contributed by atoms with van der Waals surface area (Å²) in [6.45, 7) is 5.72. The van der Waals surface area contributed by atoms with Crippen molar-refractivity contribution in [2.24, 2.45) is 10.2 Å². The summed E-state index contributed by atoms with van der Waals surface area (Å²) in [5, 5.41) is 16.2. The minimum atomic E-state index is -0.173. The molecule has 7 nitrogen and oxygen atoms in total. The molecule has 0 saturated heterocycles. The first-order valence-electron chi connectivity index (χ1n) is 7.41. The molecule has 1 heterocycles. The van der Waals surface area contributed by atoms with Crippen molar-refractivity contribution < 1.29 is 9.53 Å². The molecule has 0 aliphatic rings. The zero-order chi connectivity index (χ0) is 16.5. The topological polar surface area (TPSA) is 80.0 Å². The number of hydrogen-bond donors (Lipinski definition) is 0. The second-order valence-electron chi connectivity index (χ2n) is 4.59. The molecule has 2 rings (SSSR count). The van der Waals surface area contributed by atoms with E-state index in [-0.39, 0.29) is 5.97 Å². The van der Waals surface area contributed by atoms with Crippen LogP contribution < -0.4 is 4.90 Å². The number of anilines is 1. The van der Waals surface area contributed by atoms with Gasteiger partial charge >= 0.3 is 5.97 Å². The third-order valence-electron chi connectivity index (χ3n) is 3.11. The van der Waals surface area contributed by atoms with Crippen molar-refractivity contribution in [3.05, 3.63) is 29.8 Å². The number of carbonyl (C=O) groups excluding carboxylic acids is 1. The van der Waals surface area contributed by atoms with Gasteiger partial charge in [-0.25, -0.2) is 0 Å². The molecule has 8 heteroatoms. The molecule has 122 valence electrons. The van der Waals surface area contributed by atoms with Crippen molar-refractivity contribution >= 4 is 33.8 Å². The number of esters is 1. The maximum Gasteiger partial charge on any atom is 0.305 e. The van der Waals surface area contributed by atoms with Crippen molar-refractivity contribution in [2.75, 3.05) is 24.6 Å². The summed E-state index contributed by atoms with van der Waals surface area (Å²) in [7, 11) is 0. The van der Waals surface area contributed by atoms with Crippen LogP contribution in [0.15, 0.2) is 40.0 Å². The Morgan fingerprint density at radius 2 is 2.04 bits per heavy atom. The predicted molar refractivity (Wildman–Crippen MR) is 89.7 cm³/mol. The molecule has 1 aromatic carbocycles. The second kappa shape index (κ2) is 8.94. The fraction of sp³-hybridized carbons (Fsp3) is 0.400. The van der Waals surface area contributed by atoms with Gasteiger partial charge in [-0.2, -0.15) is 0 Å². The minimum Gasteiger partial charge on any atom is -0.464 e. The number of nitrogens with zero attached hydrogens (tertiary/aromatic N) is 5. The fourth-order valence-corrected chi connectivity index (χ4v) is 2.25. The zero-order valence-electron chi connectivity index (χ0n) is 13.2. The van der Waals surface area contributed by atoms with Gasteiger partial charge in [-0.05, 0) is 31.2 Å². The molecule has 0 aliphatic heterocycles. The third kappa shape index (κ3) is 5.41. The first kappa shape index (κ1) is 17.0. The molecule has 0 amide bonds. The molecular weight excluding hydrogens is 314 g/mol. The molecule has 0 fully saturated rings. The summed E-state index contributed by atoms with van der Waals surface area (Å²) in [5.74, 6) is -0.173. The van der Waals surface area contributed by atoms with Crippen LogP contribution in [0.3, 0.4) is 0 Å². The first-order chi connectivity index (χ1) is 11.2. The lowest BCUT2D eigenvalue weighted by molar-refractivity contribution is -0.142. The van der Waals surface area contributed by atoms with Gasteiger partial charge in [0.1, 0.15) is 12.1 Å². The molecule has 1 aromatic heterocycles. The van der Waals surface area contributed by atoms with Crippen LogP contribution in [0.2, 0.25) is 0 Å². The molecule has 0 bridgehead atoms. The maximum absolute atomic E-state index is 11.2. The number of carbonyl (C=O) groups is 1. The highest BCUT2D eigenvalue weighted by atomic mass is 32.1. The van der Waals surface area contributed by atoms with E-state index in [4.69, 9.17) is 4.74 Å². The highest BCUT2D eigenvalue weighted by Gasteiger charge is 2.06. The quantitative estimate of drug-likeness (QED) is 0.543. The minimum absolute atomic E-state index is 0.173. The van der Waals surface area contributed by atoms with Crippen LogP contribution in [-0.2, 0) is 9.53 Å². The summed E-state index contributed by atoms with van der Waals surface area (Å²) in [5.41, 5.74) is 3.41. The number of benzene rings is 1. The third-order valence-corrected chi connectivity index (χ3v) is 3.68. The Labute approximate surface area is 139 Å². The van der Waals surface area contributed by atoms with Gasteiger partial charge in [0.05, 0.1) is 12.2 Å². The first-order valence-corrected chi connectivity index (χ1v) is 8.29. The number of azo groups is 1. The summed E-state index contributed by atoms with van der Waals surface area (Å²) in [4.78, 5) is 13.3. The van der Waals surface area contributed by atoms with E-state index in [2.05, 4.69) is 32.2 Å². The number of hydrogen-bond acceptors (Lipinski definition) is 8. The summed E-state index contributed by atoms with van der Waals surface area (Å²) < 4.78 is 5.12. The van der Waals surface area contributed by atoms with Gasteiger partial charge in [0, 0.05) is 18.7 Å². The zero-order valence-corrected chi connectivity index (χ0v) is 14.0. The Kier molecular flexibility index (Phi) is 6.61. The lowest BCUT2D eigenvalue weighted by Crippen LogP contribution is -2.27. The molecule has 0 N–H and O–H groups in total. The lowest BCUT2D eigenvalue weighted by Gasteiger charge is -2.22. The fourth-order valence-electron chi connectivity index (χ4n) is 1.88. The van der Waals surface area contributed by atoms with E-state index < -0.39 is 0 Å². The average molecular weight is 333 g/mol. The van der Waals surface area contributed by atoms with Crippen LogP contribution in [-0.4, -0.2) is 35.9 Å². The molecule has 2 aromatic rings. The molecule has 0 aliphatic carbocycles. The van der Waals surface area contributed by atoms with Gasteiger partial charge in [0.25, 0.3) is 5.13 Å². The smallest absolute Gasteiger partial charge is 0.305 e. The van der Waals surface area contributed by atoms with E-state index in [0.717, 1.165) is 17.9 Å². The molecule has 0 radical (unpaired) electrons. The van der Waals surface area contributed by atoms with Crippen molar-refractivity contribution in [3.63, 3.8) is 0 Å². The van der Waals surface area contributed by atoms with E-state index >= 15 is 0 Å². The number of likely N-dealkylation sites (N-methyl/N-ethyl adjacent to an activating group) is 1. The summed E-state index contributed by atoms with van der Waals surface area (Å²) in [6.07, 6.45) is 0.403. The Bertz CT molecular complexity index is 628. The Morgan fingerprint density at radius 3 is 2.65 bits per heavy atom. The van der Waals surface area contributed by atoms with Crippen molar-refractivity contribution in [2.45, 2.75) is 20.3 Å². The Hall–Kier alpha value is -2.35. The maximum atomic E-state index is 11.2. The van der Waals surface area contributed by atoms with Crippen molar-refractivity contribution in [1.82, 2.24) is 10.2 Å². The van der Waals surface area contributed by atoms with Crippen LogP contribution in [0.1, 0.15) is 20.3 Å². The highest BCUT2D eigenvalue weighted by molar-refractivity contribution is 7.13. The predicted octanol–water partition coefficient (Wildman–Crippen LogP) is 3.73. The van der Waals surface area contributed by atoms with Gasteiger partial charge in [0.2, 0.25) is 0 Å². The second-order valence-corrected chi connectivity index (χ2v) is 5.40. The van der Waals surface area contributed by atoms with Gasteiger partial charge in [-0.15, -0.1) is 20.4 Å². The van der Waals surface area contributed by atoms with Crippen LogP contribution in [0.25, 0.3) is 0 Å². The van der Waals surface area contributed by atoms with Crippen LogP contribution in [0.5, 0.6) is 0 Å². The van der Waals surface area contributed by atoms with E-state index in [1.807, 2.05) is 24.3 Å². The van der Waals surface area contributed by atoms with E-state index in [1.54, 1.807) is 12.4 Å². The Morgan fingerprint density at radius 1 is 1.26 bits per heavy atom. The average Bonchev–Trinajstić information content (AvgIpc) is 3.11. The number of rotatable bonds is 8. The molecule has 0 spiro atoms. The SMILES string of the molecule is CCC(=O)OCCN(CC)c1ccc(/N=N/c2nncs2)cc1. The van der Waals surface area contributed by atoms with Gasteiger partial charge in [-0.3, -0.25) is 4.79 Å². The van der Waals surface area contributed by atoms with Crippen LogP contribution in [0.4, 0.5) is 16.5 Å². The van der Waals surface area contributed by atoms with E-state index in [0.29, 0.717) is 24.7 Å².